The predicted octanol–water partition coefficient (Wildman–Crippen LogP) is 1.33. The number of hydrogen-bond acceptors (Lipinski definition) is 3. The number of halogens is 2. The molecule has 0 aromatic heterocycles. The zero-order valence-corrected chi connectivity index (χ0v) is 13.0. The van der Waals surface area contributed by atoms with Gasteiger partial charge in [-0.05, 0) is 0 Å². The Morgan fingerprint density at radius 1 is 1.28 bits per heavy atom. The molecule has 0 fully saturated rings. The van der Waals surface area contributed by atoms with Gasteiger partial charge >= 0.3 is 7.67 Å². The Hall–Kier alpha value is 0.160. The van der Waals surface area contributed by atoms with Crippen LogP contribution in [0.1, 0.15) is 6.42 Å². The minimum absolute atomic E-state index is 0.00582. The molecule has 0 saturated carbocycles. The predicted molar refractivity (Wildman–Crippen MR) is 74.1 cm³/mol. The molecule has 0 bridgehead atoms. The molecule has 18 heavy (non-hydrogen) atoms. The van der Waals surface area contributed by atoms with Gasteiger partial charge in [0.05, 0.1) is 13.0 Å². The van der Waals surface area contributed by atoms with Crippen LogP contribution >= 0.6 is 30.9 Å². The number of rotatable bonds is 9. The van der Waals surface area contributed by atoms with Crippen LogP contribution in [0.4, 0.5) is 0 Å². The number of carbonyl (C=O) groups is 1. The van der Waals surface area contributed by atoms with Crippen LogP contribution in [0.3, 0.4) is 0 Å². The molecule has 0 aromatic rings. The second kappa shape index (κ2) is 9.13. The number of nitrogens with zero attached hydrogens (tertiary/aromatic N) is 2. The van der Waals surface area contributed by atoms with Crippen molar-refractivity contribution < 1.29 is 13.9 Å². The molecule has 6 nitrogen and oxygen atoms in total. The second-order valence-electron chi connectivity index (χ2n) is 3.77. The van der Waals surface area contributed by atoms with E-state index in [4.69, 9.17) is 33.2 Å². The van der Waals surface area contributed by atoms with Crippen LogP contribution in [-0.4, -0.2) is 61.0 Å². The Kier molecular flexibility index (Phi) is 9.21. The van der Waals surface area contributed by atoms with Crippen LogP contribution in [-0.2, 0) is 13.9 Å². The molecule has 9 heteroatoms. The molecule has 1 atom stereocenters. The summed E-state index contributed by atoms with van der Waals surface area (Å²) in [6, 6.07) is 0. The molecule has 0 aliphatic heterocycles. The lowest BCUT2D eigenvalue weighted by Gasteiger charge is -2.26. The fourth-order valence-electron chi connectivity index (χ4n) is 1.15. The summed E-state index contributed by atoms with van der Waals surface area (Å²) in [5.74, 6) is 0.437. The molecular weight excluding hydrogens is 300 g/mol. The van der Waals surface area contributed by atoms with Gasteiger partial charge in [-0.1, -0.05) is 0 Å². The number of hydrogen-bond donors (Lipinski definition) is 1. The third kappa shape index (κ3) is 6.92. The minimum Gasteiger partial charge on any atom is -0.349 e. The summed E-state index contributed by atoms with van der Waals surface area (Å²) >= 11 is 11.2. The summed E-state index contributed by atoms with van der Waals surface area (Å²) in [4.78, 5) is 12.7. The van der Waals surface area contributed by atoms with Crippen LogP contribution in [0.5, 0.6) is 0 Å². The number of alkyl halides is 2. The van der Waals surface area contributed by atoms with Crippen LogP contribution in [0.25, 0.3) is 0 Å². The maximum absolute atomic E-state index is 12.1. The molecule has 0 radical (unpaired) electrons. The first-order chi connectivity index (χ1) is 8.35. The molecule has 1 unspecified atom stereocenters. The third-order valence-electron chi connectivity index (χ3n) is 2.17. The lowest BCUT2D eigenvalue weighted by atomic mass is 10.4. The van der Waals surface area contributed by atoms with Crippen molar-refractivity contribution in [3.63, 3.8) is 0 Å². The fraction of sp³-hybridized carbons (Fsp3) is 0.889. The van der Waals surface area contributed by atoms with E-state index in [2.05, 4.69) is 0 Å². The van der Waals surface area contributed by atoms with Crippen molar-refractivity contribution in [2.45, 2.75) is 6.42 Å². The van der Waals surface area contributed by atoms with Crippen LogP contribution in [0, 0.1) is 0 Å². The van der Waals surface area contributed by atoms with Crippen molar-refractivity contribution in [2.24, 2.45) is 5.50 Å². The maximum atomic E-state index is 12.1. The molecule has 1 amide bonds. The van der Waals surface area contributed by atoms with Gasteiger partial charge in [-0.25, -0.2) is 10.2 Å². The zero-order chi connectivity index (χ0) is 14.2. The molecule has 0 spiro atoms. The maximum Gasteiger partial charge on any atom is 0.340 e. The van der Waals surface area contributed by atoms with Crippen molar-refractivity contribution >= 4 is 36.8 Å². The summed E-state index contributed by atoms with van der Waals surface area (Å²) in [6.07, 6.45) is 0.129. The Bertz CT molecular complexity index is 299. The van der Waals surface area contributed by atoms with Gasteiger partial charge in [-0.15, -0.1) is 23.2 Å². The molecule has 0 aromatic carbocycles. The quantitative estimate of drug-likeness (QED) is 0.512. The van der Waals surface area contributed by atoms with E-state index in [-0.39, 0.29) is 30.7 Å². The Morgan fingerprint density at radius 2 is 1.78 bits per heavy atom. The monoisotopic (exact) mass is 319 g/mol. The first kappa shape index (κ1) is 18.2. The van der Waals surface area contributed by atoms with Crippen LogP contribution in [0.2, 0.25) is 0 Å². The SMILES string of the molecule is CN(C)C(=O)CCOP(N)(=O)N(CCCl)CCCl. The topological polar surface area (TPSA) is 75.9 Å². The fourth-order valence-corrected chi connectivity index (χ4v) is 3.07. The highest BCUT2D eigenvalue weighted by Gasteiger charge is 2.26. The largest absolute Gasteiger partial charge is 0.349 e. The standard InChI is InChI=1S/C9H20Cl2N3O3P/c1-13(2)9(15)3-8-17-18(12,16)14(6-4-10)7-5-11/h3-8H2,1-2H3,(H2,12,16). The van der Waals surface area contributed by atoms with E-state index in [0.717, 1.165) is 0 Å². The summed E-state index contributed by atoms with van der Waals surface area (Å²) in [6.45, 7) is 0.652. The van der Waals surface area contributed by atoms with Crippen molar-refractivity contribution in [2.75, 3.05) is 45.6 Å². The summed E-state index contributed by atoms with van der Waals surface area (Å²) < 4.78 is 18.6. The van der Waals surface area contributed by atoms with Crippen LogP contribution in [0.15, 0.2) is 0 Å². The average Bonchev–Trinajstić information content (AvgIpc) is 2.28. The van der Waals surface area contributed by atoms with Crippen molar-refractivity contribution in [3.05, 3.63) is 0 Å². The summed E-state index contributed by atoms with van der Waals surface area (Å²) in [5.41, 5.74) is 5.61. The second-order valence-corrected chi connectivity index (χ2v) is 6.48. The molecular formula is C9H20Cl2N3O3P. The third-order valence-corrected chi connectivity index (χ3v) is 4.25. The van der Waals surface area contributed by atoms with Gasteiger partial charge in [-0.2, -0.15) is 0 Å². The van der Waals surface area contributed by atoms with Gasteiger partial charge in [0.2, 0.25) is 5.91 Å². The van der Waals surface area contributed by atoms with E-state index >= 15 is 0 Å². The summed E-state index contributed by atoms with van der Waals surface area (Å²) in [7, 11) is -0.155. The first-order valence-electron chi connectivity index (χ1n) is 5.45. The van der Waals surface area contributed by atoms with E-state index in [0.29, 0.717) is 13.1 Å². The molecule has 0 aliphatic rings. The lowest BCUT2D eigenvalue weighted by molar-refractivity contribution is -0.129. The van der Waals surface area contributed by atoms with E-state index in [1.807, 2.05) is 0 Å². The van der Waals surface area contributed by atoms with E-state index in [1.165, 1.54) is 9.57 Å². The normalized spacial score (nSPS) is 14.6. The van der Waals surface area contributed by atoms with E-state index < -0.39 is 7.67 Å². The number of nitrogens with two attached hydrogens (primary N) is 1. The number of amides is 1. The lowest BCUT2D eigenvalue weighted by Crippen LogP contribution is -2.30. The van der Waals surface area contributed by atoms with Crippen molar-refractivity contribution in [3.8, 4) is 0 Å². The highest BCUT2D eigenvalue weighted by molar-refractivity contribution is 7.53. The van der Waals surface area contributed by atoms with Gasteiger partial charge in [0, 0.05) is 38.9 Å². The molecule has 0 aliphatic carbocycles. The van der Waals surface area contributed by atoms with Crippen molar-refractivity contribution in [1.82, 2.24) is 9.57 Å². The van der Waals surface area contributed by atoms with Crippen molar-refractivity contribution in [1.29, 1.82) is 0 Å². The summed E-state index contributed by atoms with van der Waals surface area (Å²) in [5, 5.41) is 0. The molecule has 0 heterocycles. The highest BCUT2D eigenvalue weighted by Crippen LogP contribution is 2.42. The highest BCUT2D eigenvalue weighted by atomic mass is 35.5. The molecule has 0 rings (SSSR count). The van der Waals surface area contributed by atoms with Gasteiger partial charge in [0.25, 0.3) is 0 Å². The number of carbonyl (C=O) groups excluding carboxylic acids is 1. The Balaban J connectivity index is 4.26. The molecule has 0 saturated heterocycles. The molecule has 2 N–H and O–H groups in total. The molecule has 108 valence electrons. The van der Waals surface area contributed by atoms with Gasteiger partial charge in [0.1, 0.15) is 0 Å². The van der Waals surface area contributed by atoms with Gasteiger partial charge < -0.3 is 9.42 Å². The van der Waals surface area contributed by atoms with Gasteiger partial charge in [-0.3, -0.25) is 9.36 Å². The average molecular weight is 320 g/mol. The first-order valence-corrected chi connectivity index (χ1v) is 8.17. The van der Waals surface area contributed by atoms with Crippen LogP contribution < -0.4 is 5.50 Å². The Morgan fingerprint density at radius 3 is 2.17 bits per heavy atom. The van der Waals surface area contributed by atoms with E-state index in [1.54, 1.807) is 14.1 Å². The smallest absolute Gasteiger partial charge is 0.340 e. The van der Waals surface area contributed by atoms with Gasteiger partial charge in [0.15, 0.2) is 0 Å². The Labute approximate surface area is 118 Å². The minimum atomic E-state index is -3.43. The zero-order valence-electron chi connectivity index (χ0n) is 10.6. The van der Waals surface area contributed by atoms with E-state index in [9.17, 15) is 9.36 Å².